The molecule has 4 nitrogen and oxygen atoms in total. The van der Waals surface area contributed by atoms with Gasteiger partial charge in [-0.1, -0.05) is 72.9 Å². The summed E-state index contributed by atoms with van der Waals surface area (Å²) in [5, 5.41) is 6.14. The topological polar surface area (TPSA) is 45.0 Å². The van der Waals surface area contributed by atoms with Gasteiger partial charge in [-0.2, -0.15) is 9.36 Å². The van der Waals surface area contributed by atoms with E-state index in [1.54, 1.807) is 30.6 Å². The Morgan fingerprint density at radius 1 is 1.15 bits per heavy atom. The summed E-state index contributed by atoms with van der Waals surface area (Å²) in [7, 11) is 0. The number of amides is 1. The zero-order valence-electron chi connectivity index (χ0n) is 14.3. The molecule has 2 N–H and O–H groups in total. The number of anilines is 1. The predicted molar refractivity (Wildman–Crippen MR) is 106 cm³/mol. The number of hydrogen-bond donors (Lipinski definition) is 2. The highest BCUT2D eigenvalue weighted by Crippen LogP contribution is 2.44. The predicted octanol–water partition coefficient (Wildman–Crippen LogP) is 4.56. The zero-order valence-corrected chi connectivity index (χ0v) is 16.6. The molecule has 1 aromatic carbocycles. The van der Waals surface area contributed by atoms with Gasteiger partial charge < -0.3 is 5.32 Å². The summed E-state index contributed by atoms with van der Waals surface area (Å²) in [6.45, 7) is 4.17. The molecule has 7 heteroatoms. The highest BCUT2D eigenvalue weighted by Gasteiger charge is 2.41. The molecular formula is C19H19Cl3N3O+. The molecule has 1 aliphatic heterocycles. The van der Waals surface area contributed by atoms with Crippen LogP contribution in [-0.2, 0) is 5.41 Å². The highest BCUT2D eigenvalue weighted by atomic mass is 35.6. The molecule has 0 saturated carbocycles. The quantitative estimate of drug-likeness (QED) is 0.562. The van der Waals surface area contributed by atoms with Gasteiger partial charge in [0.1, 0.15) is 0 Å². The van der Waals surface area contributed by atoms with Crippen molar-refractivity contribution >= 4 is 46.5 Å². The van der Waals surface area contributed by atoms with Gasteiger partial charge >= 0.3 is 6.03 Å². The average Bonchev–Trinajstić information content (AvgIpc) is 2.85. The first-order valence-corrected chi connectivity index (χ1v) is 9.26. The maximum absolute atomic E-state index is 12.5. The number of rotatable bonds is 2. The minimum Gasteiger partial charge on any atom is -0.358 e. The molecule has 2 heterocycles. The molecule has 0 aliphatic carbocycles. The molecule has 26 heavy (non-hydrogen) atoms. The maximum Gasteiger partial charge on any atom is 0.496 e. The normalized spacial score (nSPS) is 18.1. The van der Waals surface area contributed by atoms with Gasteiger partial charge in [-0.3, -0.25) is 0 Å². The molecule has 136 valence electrons. The smallest absolute Gasteiger partial charge is 0.358 e. The van der Waals surface area contributed by atoms with Crippen LogP contribution in [0.2, 0.25) is 0 Å². The molecule has 1 aromatic heterocycles. The van der Waals surface area contributed by atoms with Crippen molar-refractivity contribution in [2.24, 2.45) is 0 Å². The molecule has 0 bridgehead atoms. The summed E-state index contributed by atoms with van der Waals surface area (Å²) in [4.78, 5) is 12.5. The van der Waals surface area contributed by atoms with Crippen LogP contribution in [0, 0.1) is 0 Å². The van der Waals surface area contributed by atoms with Gasteiger partial charge in [0.2, 0.25) is 3.79 Å². The van der Waals surface area contributed by atoms with Crippen LogP contribution >= 0.6 is 34.8 Å². The number of hydrogen-bond acceptors (Lipinski definition) is 2. The van der Waals surface area contributed by atoms with Crippen molar-refractivity contribution in [1.29, 1.82) is 0 Å². The number of halogens is 3. The van der Waals surface area contributed by atoms with Gasteiger partial charge in [0.15, 0.2) is 6.04 Å². The summed E-state index contributed by atoms with van der Waals surface area (Å²) in [5.41, 5.74) is 2.73. The first-order valence-electron chi connectivity index (χ1n) is 8.12. The lowest BCUT2D eigenvalue weighted by atomic mass is 9.83. The van der Waals surface area contributed by atoms with Crippen molar-refractivity contribution in [3.63, 3.8) is 0 Å². The minimum atomic E-state index is -1.70. The summed E-state index contributed by atoms with van der Waals surface area (Å²) in [6.07, 6.45) is 5.03. The molecule has 1 amide bonds. The zero-order chi connectivity index (χ0) is 18.9. The third-order valence-corrected chi connectivity index (χ3v) is 5.16. The number of pyridine rings is 1. The third kappa shape index (κ3) is 3.83. The van der Waals surface area contributed by atoms with Crippen LogP contribution in [0.15, 0.2) is 66.6 Å². The molecule has 0 spiro atoms. The first kappa shape index (κ1) is 19.0. The van der Waals surface area contributed by atoms with E-state index >= 15 is 0 Å². The van der Waals surface area contributed by atoms with Crippen LogP contribution in [0.25, 0.3) is 0 Å². The lowest BCUT2D eigenvalue weighted by molar-refractivity contribution is -0.572. The Labute approximate surface area is 167 Å². The maximum atomic E-state index is 12.5. The first-order chi connectivity index (χ1) is 12.2. The summed E-state index contributed by atoms with van der Waals surface area (Å²) in [6, 6.07) is 12.1. The number of nitrogens with zero attached hydrogens (tertiary/aromatic N) is 1. The SMILES string of the molecule is CC1(C)/C(=C/[C@H](NC(=O)[n+]2ccccc2)C(Cl)(Cl)Cl)Nc2ccccc21. The molecular weight excluding hydrogens is 393 g/mol. The van der Waals surface area contributed by atoms with Crippen molar-refractivity contribution in [1.82, 2.24) is 5.32 Å². The fraction of sp³-hybridized carbons (Fsp3) is 0.263. The van der Waals surface area contributed by atoms with E-state index in [0.29, 0.717) is 0 Å². The second-order valence-corrected chi connectivity index (χ2v) is 9.00. The van der Waals surface area contributed by atoms with Gasteiger partial charge in [0, 0.05) is 16.8 Å². The summed E-state index contributed by atoms with van der Waals surface area (Å²) in [5.74, 6) is 0. The van der Waals surface area contributed by atoms with Crippen molar-refractivity contribution in [2.75, 3.05) is 5.32 Å². The van der Waals surface area contributed by atoms with E-state index < -0.39 is 9.83 Å². The van der Waals surface area contributed by atoms with Gasteiger partial charge in [-0.05, 0) is 29.8 Å². The molecule has 0 radical (unpaired) electrons. The summed E-state index contributed by atoms with van der Waals surface area (Å²) >= 11 is 18.4. The Kier molecular flexibility index (Phi) is 5.20. The number of alkyl halides is 3. The van der Waals surface area contributed by atoms with Crippen LogP contribution in [0.3, 0.4) is 0 Å². The number of aromatic nitrogens is 1. The highest BCUT2D eigenvalue weighted by molar-refractivity contribution is 6.68. The van der Waals surface area contributed by atoms with Gasteiger partial charge in [0.05, 0.1) is 12.4 Å². The van der Waals surface area contributed by atoms with E-state index in [2.05, 4.69) is 30.5 Å². The standard InChI is InChI=1S/C19H18Cl3N3O/c1-18(2)13-8-4-5-9-14(13)23-15(18)12-16(19(20,21)22)24-17(26)25-10-6-3-7-11-25/h3-12,16,23H,1-2H3/p+1/b15-12-/t16-/m0/s1. The van der Waals surface area contributed by atoms with Crippen molar-refractivity contribution in [3.05, 3.63) is 72.2 Å². The lowest BCUT2D eigenvalue weighted by Crippen LogP contribution is -2.55. The monoisotopic (exact) mass is 410 g/mol. The third-order valence-electron chi connectivity index (χ3n) is 4.46. The Morgan fingerprint density at radius 3 is 2.42 bits per heavy atom. The molecule has 0 saturated heterocycles. The van der Waals surface area contributed by atoms with Crippen LogP contribution in [-0.4, -0.2) is 15.9 Å². The molecule has 0 fully saturated rings. The number of nitrogens with one attached hydrogen (secondary N) is 2. The van der Waals surface area contributed by atoms with Crippen LogP contribution in [0.1, 0.15) is 19.4 Å². The van der Waals surface area contributed by atoms with Crippen LogP contribution in [0.4, 0.5) is 10.5 Å². The molecule has 1 aliphatic rings. The van der Waals surface area contributed by atoms with E-state index in [9.17, 15) is 4.79 Å². The van der Waals surface area contributed by atoms with Gasteiger partial charge in [-0.15, -0.1) is 0 Å². The van der Waals surface area contributed by atoms with E-state index in [4.69, 9.17) is 34.8 Å². The molecule has 2 aromatic rings. The Balaban J connectivity index is 1.91. The second kappa shape index (κ2) is 7.10. The van der Waals surface area contributed by atoms with E-state index in [1.807, 2.05) is 24.3 Å². The van der Waals surface area contributed by atoms with Gasteiger partial charge in [-0.25, -0.2) is 5.32 Å². The van der Waals surface area contributed by atoms with Crippen LogP contribution < -0.4 is 15.2 Å². The average molecular weight is 412 g/mol. The number of para-hydroxylation sites is 1. The fourth-order valence-corrected chi connectivity index (χ4v) is 3.31. The molecule has 0 unspecified atom stereocenters. The van der Waals surface area contributed by atoms with Gasteiger partial charge in [0.25, 0.3) is 0 Å². The second-order valence-electron chi connectivity index (χ2n) is 6.63. The largest absolute Gasteiger partial charge is 0.496 e. The van der Waals surface area contributed by atoms with Crippen molar-refractivity contribution in [3.8, 4) is 0 Å². The van der Waals surface area contributed by atoms with E-state index in [1.165, 1.54) is 4.57 Å². The molecule has 3 rings (SSSR count). The number of benzene rings is 1. The number of carbonyl (C=O) groups excluding carboxylic acids is 1. The number of fused-ring (bicyclic) bond motifs is 1. The Morgan fingerprint density at radius 2 is 1.81 bits per heavy atom. The number of carbonyl (C=O) groups is 1. The lowest BCUT2D eigenvalue weighted by Gasteiger charge is -2.24. The van der Waals surface area contributed by atoms with E-state index in [0.717, 1.165) is 16.9 Å². The van der Waals surface area contributed by atoms with Crippen molar-refractivity contribution < 1.29 is 9.36 Å². The van der Waals surface area contributed by atoms with Crippen LogP contribution in [0.5, 0.6) is 0 Å². The Bertz CT molecular complexity index is 845. The fourth-order valence-electron chi connectivity index (χ4n) is 2.96. The molecule has 1 atom stereocenters. The minimum absolute atomic E-state index is 0.296. The summed E-state index contributed by atoms with van der Waals surface area (Å²) < 4.78 is -0.311. The van der Waals surface area contributed by atoms with Crippen molar-refractivity contribution in [2.45, 2.75) is 29.1 Å². The Hall–Kier alpha value is -1.75. The van der Waals surface area contributed by atoms with E-state index in [-0.39, 0.29) is 11.4 Å². The number of allylic oxidation sites excluding steroid dienone is 1.